The maximum Gasteiger partial charge on any atom is 0.281 e. The third-order valence-electron chi connectivity index (χ3n) is 3.52. The number of fused-ring (bicyclic) bond motifs is 1. The molecule has 130 valence electrons. The van der Waals surface area contributed by atoms with Gasteiger partial charge in [-0.3, -0.25) is 4.79 Å². The summed E-state index contributed by atoms with van der Waals surface area (Å²) in [5, 5.41) is 0.706. The zero-order valence-corrected chi connectivity index (χ0v) is 16.3. The van der Waals surface area contributed by atoms with E-state index in [0.717, 1.165) is 16.0 Å². The molecule has 0 unspecified atom stereocenters. The van der Waals surface area contributed by atoms with Crippen LogP contribution >= 0.6 is 46.3 Å². The number of thiazole rings is 1. The van der Waals surface area contributed by atoms with E-state index in [0.29, 0.717) is 16.4 Å². The maximum atomic E-state index is 13.5. The summed E-state index contributed by atoms with van der Waals surface area (Å²) in [6.07, 6.45) is 2.00. The number of benzene rings is 2. The number of hydrogen-bond donors (Lipinski definition) is 0. The van der Waals surface area contributed by atoms with Gasteiger partial charge in [0.15, 0.2) is 4.80 Å². The Balaban J connectivity index is 2.12. The number of halogens is 3. The van der Waals surface area contributed by atoms with Crippen LogP contribution in [0.15, 0.2) is 41.4 Å². The highest BCUT2D eigenvalue weighted by Crippen LogP contribution is 2.22. The summed E-state index contributed by atoms with van der Waals surface area (Å²) >= 11 is 14.9. The molecule has 0 saturated heterocycles. The first kappa shape index (κ1) is 18.5. The zero-order chi connectivity index (χ0) is 18.0. The van der Waals surface area contributed by atoms with E-state index in [1.807, 2.05) is 10.8 Å². The Labute approximate surface area is 162 Å². The number of thioether (sulfide) groups is 1. The highest BCUT2D eigenvalue weighted by molar-refractivity contribution is 7.98. The van der Waals surface area contributed by atoms with Gasteiger partial charge < -0.3 is 4.57 Å². The molecule has 0 aliphatic carbocycles. The third-order valence-corrected chi connectivity index (χ3v) is 5.70. The second-order valence-electron chi connectivity index (χ2n) is 5.18. The van der Waals surface area contributed by atoms with E-state index < -0.39 is 5.91 Å². The van der Waals surface area contributed by atoms with Gasteiger partial charge in [0, 0.05) is 17.3 Å². The number of aryl methyl sites for hydroxylation is 1. The lowest BCUT2D eigenvalue weighted by Crippen LogP contribution is -2.18. The number of aromatic nitrogens is 1. The lowest BCUT2D eigenvalue weighted by atomic mass is 10.2. The van der Waals surface area contributed by atoms with E-state index in [-0.39, 0.29) is 16.4 Å². The molecule has 3 rings (SSSR count). The molecule has 1 heterocycles. The molecule has 1 amide bonds. The number of nitrogens with zero attached hydrogens (tertiary/aromatic N) is 2. The predicted molar refractivity (Wildman–Crippen MR) is 105 cm³/mol. The topological polar surface area (TPSA) is 34.4 Å². The standard InChI is InChI=1S/C17H13Cl2FN2OS2/c1-24-7-6-22-14-5-3-11(20)9-15(14)25-17(22)21-16(23)12-4-2-10(18)8-13(12)19/h2-5,8-9H,6-7H2,1H3. The second-order valence-corrected chi connectivity index (χ2v) is 8.02. The van der Waals surface area contributed by atoms with Gasteiger partial charge in [0.05, 0.1) is 20.8 Å². The fraction of sp³-hybridized carbons (Fsp3) is 0.176. The molecule has 8 heteroatoms. The van der Waals surface area contributed by atoms with E-state index in [1.54, 1.807) is 30.0 Å². The Morgan fingerprint density at radius 2 is 2.08 bits per heavy atom. The lowest BCUT2D eigenvalue weighted by molar-refractivity contribution is 0.0998. The van der Waals surface area contributed by atoms with Crippen LogP contribution in [0.3, 0.4) is 0 Å². The normalized spacial score (nSPS) is 12.1. The van der Waals surface area contributed by atoms with E-state index in [9.17, 15) is 9.18 Å². The molecule has 3 nitrogen and oxygen atoms in total. The van der Waals surface area contributed by atoms with Crippen molar-refractivity contribution in [3.8, 4) is 0 Å². The smallest absolute Gasteiger partial charge is 0.281 e. The van der Waals surface area contributed by atoms with Crippen molar-refractivity contribution >= 4 is 62.4 Å². The van der Waals surface area contributed by atoms with E-state index in [4.69, 9.17) is 23.2 Å². The molecule has 0 N–H and O–H groups in total. The Morgan fingerprint density at radius 1 is 1.28 bits per heavy atom. The molecule has 0 fully saturated rings. The maximum absolute atomic E-state index is 13.5. The number of carbonyl (C=O) groups is 1. The first-order valence-corrected chi connectivity index (χ1v) is 10.3. The monoisotopic (exact) mass is 414 g/mol. The quantitative estimate of drug-likeness (QED) is 0.583. The minimum Gasteiger partial charge on any atom is -0.316 e. The fourth-order valence-electron chi connectivity index (χ4n) is 2.34. The van der Waals surface area contributed by atoms with Crippen LogP contribution < -0.4 is 4.80 Å². The van der Waals surface area contributed by atoms with Crippen molar-refractivity contribution in [3.63, 3.8) is 0 Å². The Hall–Kier alpha value is -1.34. The van der Waals surface area contributed by atoms with Gasteiger partial charge in [0.2, 0.25) is 0 Å². The Morgan fingerprint density at radius 3 is 2.80 bits per heavy atom. The number of hydrogen-bond acceptors (Lipinski definition) is 3. The summed E-state index contributed by atoms with van der Waals surface area (Å²) in [6.45, 7) is 0.674. The van der Waals surface area contributed by atoms with Gasteiger partial charge in [-0.05, 0) is 42.7 Å². The molecule has 0 aliphatic rings. The summed E-state index contributed by atoms with van der Waals surface area (Å²) in [4.78, 5) is 17.3. The minimum atomic E-state index is -0.452. The second kappa shape index (κ2) is 7.91. The summed E-state index contributed by atoms with van der Waals surface area (Å²) in [5.41, 5.74) is 1.14. The third kappa shape index (κ3) is 4.08. The molecule has 0 aliphatic heterocycles. The Bertz CT molecular complexity index is 1010. The first-order valence-electron chi connectivity index (χ1n) is 7.31. The van der Waals surface area contributed by atoms with Crippen molar-refractivity contribution in [3.05, 3.63) is 62.6 Å². The fourth-order valence-corrected chi connectivity index (χ4v) is 4.27. The van der Waals surface area contributed by atoms with Crippen molar-refractivity contribution in [1.29, 1.82) is 0 Å². The summed E-state index contributed by atoms with van der Waals surface area (Å²) in [7, 11) is 0. The van der Waals surface area contributed by atoms with Crippen molar-refractivity contribution in [2.75, 3.05) is 12.0 Å². The van der Waals surface area contributed by atoms with Crippen molar-refractivity contribution < 1.29 is 9.18 Å². The van der Waals surface area contributed by atoms with Gasteiger partial charge in [-0.25, -0.2) is 4.39 Å². The molecule has 0 atom stereocenters. The van der Waals surface area contributed by atoms with Crippen LogP contribution in [0.1, 0.15) is 10.4 Å². The van der Waals surface area contributed by atoms with Crippen LogP contribution in [-0.4, -0.2) is 22.5 Å². The van der Waals surface area contributed by atoms with Crippen LogP contribution in [0.25, 0.3) is 10.2 Å². The average molecular weight is 415 g/mol. The molecule has 0 radical (unpaired) electrons. The van der Waals surface area contributed by atoms with Gasteiger partial charge in [-0.2, -0.15) is 16.8 Å². The van der Waals surface area contributed by atoms with Crippen LogP contribution in [0.2, 0.25) is 10.0 Å². The number of rotatable bonds is 4. The Kier molecular flexibility index (Phi) is 5.84. The molecule has 1 aromatic heterocycles. The molecular formula is C17H13Cl2FN2OS2. The molecule has 2 aromatic carbocycles. The highest BCUT2D eigenvalue weighted by atomic mass is 35.5. The van der Waals surface area contributed by atoms with Gasteiger partial charge in [0.1, 0.15) is 5.82 Å². The largest absolute Gasteiger partial charge is 0.316 e. The van der Waals surface area contributed by atoms with Crippen molar-refractivity contribution in [2.45, 2.75) is 6.54 Å². The highest BCUT2D eigenvalue weighted by Gasteiger charge is 2.12. The van der Waals surface area contributed by atoms with Crippen LogP contribution in [-0.2, 0) is 6.54 Å². The molecule has 25 heavy (non-hydrogen) atoms. The molecule has 0 bridgehead atoms. The van der Waals surface area contributed by atoms with Gasteiger partial charge in [0.25, 0.3) is 5.91 Å². The van der Waals surface area contributed by atoms with Crippen molar-refractivity contribution in [1.82, 2.24) is 4.57 Å². The number of amides is 1. The first-order chi connectivity index (χ1) is 12.0. The minimum absolute atomic E-state index is 0.254. The van der Waals surface area contributed by atoms with Crippen LogP contribution in [0, 0.1) is 5.82 Å². The zero-order valence-electron chi connectivity index (χ0n) is 13.1. The van der Waals surface area contributed by atoms with Gasteiger partial charge >= 0.3 is 0 Å². The molecule has 0 spiro atoms. The van der Waals surface area contributed by atoms with Gasteiger partial charge in [-0.1, -0.05) is 34.5 Å². The van der Waals surface area contributed by atoms with Crippen LogP contribution in [0.4, 0.5) is 4.39 Å². The molecule has 0 saturated carbocycles. The number of carbonyl (C=O) groups excluding carboxylic acids is 1. The molecular weight excluding hydrogens is 402 g/mol. The van der Waals surface area contributed by atoms with E-state index in [1.165, 1.54) is 29.5 Å². The van der Waals surface area contributed by atoms with Crippen molar-refractivity contribution in [2.24, 2.45) is 4.99 Å². The summed E-state index contributed by atoms with van der Waals surface area (Å²) in [5.74, 6) is 0.0859. The van der Waals surface area contributed by atoms with E-state index >= 15 is 0 Å². The summed E-state index contributed by atoms with van der Waals surface area (Å²) in [6, 6.07) is 9.23. The predicted octanol–water partition coefficient (Wildman–Crippen LogP) is 5.25. The average Bonchev–Trinajstić information content (AvgIpc) is 2.88. The summed E-state index contributed by atoms with van der Waals surface area (Å²) < 4.78 is 16.2. The van der Waals surface area contributed by atoms with Crippen LogP contribution in [0.5, 0.6) is 0 Å². The van der Waals surface area contributed by atoms with E-state index in [2.05, 4.69) is 4.99 Å². The molecule has 3 aromatic rings. The van der Waals surface area contributed by atoms with Gasteiger partial charge in [-0.15, -0.1) is 0 Å². The lowest BCUT2D eigenvalue weighted by Gasteiger charge is -2.04. The SMILES string of the molecule is CSCCn1c(=NC(=O)c2ccc(Cl)cc2Cl)sc2cc(F)ccc21.